The summed E-state index contributed by atoms with van der Waals surface area (Å²) in [6.07, 6.45) is 0. The van der Waals surface area contributed by atoms with E-state index in [1.165, 1.54) is 5.56 Å². The summed E-state index contributed by atoms with van der Waals surface area (Å²) in [5.74, 6) is 2.14. The lowest BCUT2D eigenvalue weighted by Crippen LogP contribution is -2.00. The number of nitrogens with one attached hydrogen (secondary N) is 1. The standard InChI is InChI=1S/C16H17NO3/c1-11-3-5-13(6-4-11)17-9-12-7-14(18-2)16-15(8-12)19-10-20-16/h3-8,17H,9-10H2,1-2H3. The zero-order chi connectivity index (χ0) is 13.9. The van der Waals surface area contributed by atoms with E-state index in [9.17, 15) is 0 Å². The Kier molecular flexibility index (Phi) is 3.37. The van der Waals surface area contributed by atoms with Crippen molar-refractivity contribution < 1.29 is 14.2 Å². The minimum Gasteiger partial charge on any atom is -0.493 e. The molecular formula is C16H17NO3. The summed E-state index contributed by atoms with van der Waals surface area (Å²) >= 11 is 0. The number of hydrogen-bond acceptors (Lipinski definition) is 4. The molecule has 4 heteroatoms. The molecule has 4 nitrogen and oxygen atoms in total. The molecule has 0 saturated carbocycles. The minimum atomic E-state index is 0.251. The van der Waals surface area contributed by atoms with Crippen molar-refractivity contribution in [3.63, 3.8) is 0 Å². The van der Waals surface area contributed by atoms with Crippen molar-refractivity contribution in [2.75, 3.05) is 19.2 Å². The quantitative estimate of drug-likeness (QED) is 0.925. The SMILES string of the molecule is COc1cc(CNc2ccc(C)cc2)cc2c1OCO2. The van der Waals surface area contributed by atoms with Gasteiger partial charge < -0.3 is 19.5 Å². The fraction of sp³-hybridized carbons (Fsp3) is 0.250. The van der Waals surface area contributed by atoms with E-state index < -0.39 is 0 Å². The van der Waals surface area contributed by atoms with Crippen LogP contribution < -0.4 is 19.5 Å². The molecule has 0 bridgehead atoms. The van der Waals surface area contributed by atoms with Gasteiger partial charge in [0.2, 0.25) is 12.5 Å². The van der Waals surface area contributed by atoms with Crippen LogP contribution >= 0.6 is 0 Å². The Morgan fingerprint density at radius 2 is 1.95 bits per heavy atom. The maximum absolute atomic E-state index is 5.42. The number of methoxy groups -OCH3 is 1. The lowest BCUT2D eigenvalue weighted by atomic mass is 10.1. The van der Waals surface area contributed by atoms with Crippen LogP contribution in [0.4, 0.5) is 5.69 Å². The molecule has 0 unspecified atom stereocenters. The van der Waals surface area contributed by atoms with Gasteiger partial charge in [-0.05, 0) is 36.8 Å². The molecule has 1 aliphatic heterocycles. The summed E-state index contributed by atoms with van der Waals surface area (Å²) in [5.41, 5.74) is 3.43. The molecule has 2 aromatic rings. The Balaban J connectivity index is 1.76. The lowest BCUT2D eigenvalue weighted by Gasteiger charge is -2.10. The van der Waals surface area contributed by atoms with Crippen molar-refractivity contribution in [1.29, 1.82) is 0 Å². The van der Waals surface area contributed by atoms with E-state index >= 15 is 0 Å². The summed E-state index contributed by atoms with van der Waals surface area (Å²) in [6.45, 7) is 3.03. The van der Waals surface area contributed by atoms with Crippen molar-refractivity contribution in [2.45, 2.75) is 13.5 Å². The Hall–Kier alpha value is -2.36. The van der Waals surface area contributed by atoms with Gasteiger partial charge in [0, 0.05) is 12.2 Å². The number of hydrogen-bond donors (Lipinski definition) is 1. The monoisotopic (exact) mass is 271 g/mol. The zero-order valence-electron chi connectivity index (χ0n) is 11.6. The Bertz CT molecular complexity index is 608. The first kappa shape index (κ1) is 12.7. The Morgan fingerprint density at radius 1 is 1.15 bits per heavy atom. The highest BCUT2D eigenvalue weighted by molar-refractivity contribution is 5.56. The molecule has 0 fully saturated rings. The van der Waals surface area contributed by atoms with Crippen LogP contribution in [0.25, 0.3) is 0 Å². The smallest absolute Gasteiger partial charge is 0.231 e. The lowest BCUT2D eigenvalue weighted by molar-refractivity contribution is 0.171. The fourth-order valence-electron chi connectivity index (χ4n) is 2.16. The first-order valence-electron chi connectivity index (χ1n) is 6.53. The third kappa shape index (κ3) is 2.50. The van der Waals surface area contributed by atoms with Crippen molar-refractivity contribution in [1.82, 2.24) is 0 Å². The molecular weight excluding hydrogens is 254 g/mol. The molecule has 0 amide bonds. The van der Waals surface area contributed by atoms with E-state index in [-0.39, 0.29) is 6.79 Å². The van der Waals surface area contributed by atoms with Crippen LogP contribution in [-0.4, -0.2) is 13.9 Å². The summed E-state index contributed by atoms with van der Waals surface area (Å²) in [4.78, 5) is 0. The van der Waals surface area contributed by atoms with Crippen LogP contribution in [0.3, 0.4) is 0 Å². The van der Waals surface area contributed by atoms with Crippen molar-refractivity contribution in [3.8, 4) is 17.2 Å². The van der Waals surface area contributed by atoms with E-state index in [0.29, 0.717) is 18.0 Å². The predicted octanol–water partition coefficient (Wildman–Crippen LogP) is 3.34. The van der Waals surface area contributed by atoms with E-state index in [0.717, 1.165) is 17.0 Å². The van der Waals surface area contributed by atoms with Gasteiger partial charge in [0.1, 0.15) is 0 Å². The molecule has 0 radical (unpaired) electrons. The van der Waals surface area contributed by atoms with Crippen molar-refractivity contribution in [3.05, 3.63) is 47.5 Å². The summed E-state index contributed by atoms with van der Waals surface area (Å²) in [5, 5.41) is 3.38. The second-order valence-corrected chi connectivity index (χ2v) is 4.75. The molecule has 20 heavy (non-hydrogen) atoms. The van der Waals surface area contributed by atoms with Crippen LogP contribution in [0, 0.1) is 6.92 Å². The van der Waals surface area contributed by atoms with Gasteiger partial charge in [0.25, 0.3) is 0 Å². The minimum absolute atomic E-state index is 0.251. The molecule has 0 spiro atoms. The number of benzene rings is 2. The average Bonchev–Trinajstić information content (AvgIpc) is 2.94. The van der Waals surface area contributed by atoms with Crippen molar-refractivity contribution >= 4 is 5.69 Å². The van der Waals surface area contributed by atoms with Crippen LogP contribution in [-0.2, 0) is 6.54 Å². The van der Waals surface area contributed by atoms with Gasteiger partial charge in [-0.2, -0.15) is 0 Å². The van der Waals surface area contributed by atoms with Gasteiger partial charge in [-0.25, -0.2) is 0 Å². The maximum atomic E-state index is 5.42. The average molecular weight is 271 g/mol. The van der Waals surface area contributed by atoms with Crippen LogP contribution in [0.5, 0.6) is 17.2 Å². The highest BCUT2D eigenvalue weighted by Crippen LogP contribution is 2.41. The molecule has 1 aliphatic rings. The molecule has 104 valence electrons. The van der Waals surface area contributed by atoms with Crippen LogP contribution in [0.2, 0.25) is 0 Å². The molecule has 1 N–H and O–H groups in total. The van der Waals surface area contributed by atoms with Crippen LogP contribution in [0.15, 0.2) is 36.4 Å². The van der Waals surface area contributed by atoms with Crippen LogP contribution in [0.1, 0.15) is 11.1 Å². The van der Waals surface area contributed by atoms with Gasteiger partial charge in [-0.15, -0.1) is 0 Å². The molecule has 1 heterocycles. The summed E-state index contributed by atoms with van der Waals surface area (Å²) in [7, 11) is 1.63. The first-order valence-corrected chi connectivity index (χ1v) is 6.53. The molecule has 0 aliphatic carbocycles. The topological polar surface area (TPSA) is 39.7 Å². The third-order valence-corrected chi connectivity index (χ3v) is 3.27. The number of fused-ring (bicyclic) bond motifs is 1. The van der Waals surface area contributed by atoms with Gasteiger partial charge in [-0.3, -0.25) is 0 Å². The first-order chi connectivity index (χ1) is 9.76. The van der Waals surface area contributed by atoms with Gasteiger partial charge in [0.05, 0.1) is 7.11 Å². The Morgan fingerprint density at radius 3 is 2.70 bits per heavy atom. The second kappa shape index (κ2) is 5.33. The van der Waals surface area contributed by atoms with Crippen molar-refractivity contribution in [2.24, 2.45) is 0 Å². The largest absolute Gasteiger partial charge is 0.493 e. The van der Waals surface area contributed by atoms with E-state index in [4.69, 9.17) is 14.2 Å². The number of ether oxygens (including phenoxy) is 3. The highest BCUT2D eigenvalue weighted by atomic mass is 16.7. The fourth-order valence-corrected chi connectivity index (χ4v) is 2.16. The molecule has 0 atom stereocenters. The summed E-state index contributed by atoms with van der Waals surface area (Å²) in [6, 6.07) is 12.3. The maximum Gasteiger partial charge on any atom is 0.231 e. The zero-order valence-corrected chi connectivity index (χ0v) is 11.6. The molecule has 0 aromatic heterocycles. The number of aryl methyl sites for hydroxylation is 1. The number of rotatable bonds is 4. The highest BCUT2D eigenvalue weighted by Gasteiger charge is 2.19. The molecule has 3 rings (SSSR count). The molecule has 0 saturated heterocycles. The second-order valence-electron chi connectivity index (χ2n) is 4.75. The van der Waals surface area contributed by atoms with E-state index in [2.05, 4.69) is 36.5 Å². The normalized spacial score (nSPS) is 12.3. The number of anilines is 1. The van der Waals surface area contributed by atoms with E-state index in [1.807, 2.05) is 12.1 Å². The summed E-state index contributed by atoms with van der Waals surface area (Å²) < 4.78 is 16.1. The third-order valence-electron chi connectivity index (χ3n) is 3.27. The predicted molar refractivity (Wildman–Crippen MR) is 77.6 cm³/mol. The van der Waals surface area contributed by atoms with Gasteiger partial charge in [-0.1, -0.05) is 17.7 Å². The van der Waals surface area contributed by atoms with Gasteiger partial charge >= 0.3 is 0 Å². The van der Waals surface area contributed by atoms with Gasteiger partial charge in [0.15, 0.2) is 11.5 Å². The Labute approximate surface area is 118 Å². The van der Waals surface area contributed by atoms with E-state index in [1.54, 1.807) is 7.11 Å². The molecule has 2 aromatic carbocycles.